The molecule has 1 aliphatic rings. The molecule has 3 rings (SSSR count). The van der Waals surface area contributed by atoms with E-state index in [4.69, 9.17) is 44.9 Å². The summed E-state index contributed by atoms with van der Waals surface area (Å²) in [6.45, 7) is 2.38. The highest BCUT2D eigenvalue weighted by molar-refractivity contribution is 9.10. The van der Waals surface area contributed by atoms with Crippen LogP contribution >= 0.6 is 63.1 Å². The normalized spacial score (nSPS) is 15.5. The van der Waals surface area contributed by atoms with Crippen molar-refractivity contribution < 1.29 is 14.3 Å². The average Bonchev–Trinajstić information content (AvgIpc) is 2.91. The molecule has 0 saturated carbocycles. The second-order valence-corrected chi connectivity index (χ2v) is 8.93. The molecule has 1 aliphatic heterocycles. The summed E-state index contributed by atoms with van der Waals surface area (Å²) in [5, 5.41) is 0.774. The zero-order valence-corrected chi connectivity index (χ0v) is 19.5. The second kappa shape index (κ2) is 9.05. The molecule has 0 spiro atoms. The maximum Gasteiger partial charge on any atom is 0.270 e. The number of carbonyl (C=O) groups is 1. The summed E-state index contributed by atoms with van der Waals surface area (Å²) in [7, 11) is 1.57. The van der Waals surface area contributed by atoms with Crippen LogP contribution in [0.3, 0.4) is 0 Å². The molecule has 0 aliphatic carbocycles. The lowest BCUT2D eigenvalue weighted by molar-refractivity contribution is -0.113. The van der Waals surface area contributed by atoms with Gasteiger partial charge in [0.2, 0.25) is 0 Å². The van der Waals surface area contributed by atoms with Gasteiger partial charge in [-0.1, -0.05) is 47.2 Å². The number of benzene rings is 2. The standard InChI is InChI=1S/C19H14BrCl2NO3S2/c1-3-26-15-7-10(6-12(20)17(15)25-2)8-16-18(24)23(19(27)28-16)11-4-5-13(21)14(22)9-11/h4-9H,3H2,1-2H3/b16-8-. The number of thioether (sulfide) groups is 1. The Bertz CT molecular complexity index is 997. The zero-order chi connectivity index (χ0) is 20.4. The summed E-state index contributed by atoms with van der Waals surface area (Å²) in [5.74, 6) is 0.964. The molecule has 4 nitrogen and oxygen atoms in total. The fraction of sp³-hybridized carbons (Fsp3) is 0.158. The molecular formula is C19H14BrCl2NO3S2. The number of carbonyl (C=O) groups excluding carboxylic acids is 1. The maximum atomic E-state index is 12.9. The van der Waals surface area contributed by atoms with Crippen LogP contribution in [0, 0.1) is 0 Å². The lowest BCUT2D eigenvalue weighted by Gasteiger charge is -2.15. The second-order valence-electron chi connectivity index (χ2n) is 5.58. The molecule has 9 heteroatoms. The van der Waals surface area contributed by atoms with E-state index >= 15 is 0 Å². The molecule has 146 valence electrons. The maximum absolute atomic E-state index is 12.9. The van der Waals surface area contributed by atoms with Crippen LogP contribution in [-0.4, -0.2) is 23.9 Å². The molecule has 0 N–H and O–H groups in total. The van der Waals surface area contributed by atoms with Crippen LogP contribution in [0.4, 0.5) is 5.69 Å². The summed E-state index contributed by atoms with van der Waals surface area (Å²) >= 11 is 22.1. The summed E-state index contributed by atoms with van der Waals surface area (Å²) in [6.07, 6.45) is 1.77. The van der Waals surface area contributed by atoms with Gasteiger partial charge >= 0.3 is 0 Å². The third-order valence-electron chi connectivity index (χ3n) is 3.79. The van der Waals surface area contributed by atoms with E-state index in [0.717, 1.165) is 10.0 Å². The molecule has 1 saturated heterocycles. The van der Waals surface area contributed by atoms with E-state index in [2.05, 4.69) is 15.9 Å². The van der Waals surface area contributed by atoms with Crippen LogP contribution in [0.5, 0.6) is 11.5 Å². The Balaban J connectivity index is 1.96. The van der Waals surface area contributed by atoms with Crippen molar-refractivity contribution >= 4 is 85.1 Å². The number of thiocarbonyl (C=S) groups is 1. The number of halogens is 3. The molecule has 1 amide bonds. The van der Waals surface area contributed by atoms with Gasteiger partial charge in [-0.25, -0.2) is 0 Å². The van der Waals surface area contributed by atoms with Crippen LogP contribution in [0.1, 0.15) is 12.5 Å². The summed E-state index contributed by atoms with van der Waals surface area (Å²) in [5.41, 5.74) is 1.36. The summed E-state index contributed by atoms with van der Waals surface area (Å²) in [6, 6.07) is 8.64. The van der Waals surface area contributed by atoms with E-state index in [1.165, 1.54) is 16.7 Å². The number of rotatable bonds is 5. The molecule has 2 aromatic carbocycles. The minimum absolute atomic E-state index is 0.224. The highest BCUT2D eigenvalue weighted by Crippen LogP contribution is 2.40. The molecule has 0 atom stereocenters. The third kappa shape index (κ3) is 4.33. The van der Waals surface area contributed by atoms with E-state index in [9.17, 15) is 4.79 Å². The van der Waals surface area contributed by atoms with Crippen molar-refractivity contribution in [2.45, 2.75) is 6.92 Å². The molecule has 0 unspecified atom stereocenters. The smallest absolute Gasteiger partial charge is 0.270 e. The Morgan fingerprint density at radius 3 is 2.64 bits per heavy atom. The number of amides is 1. The van der Waals surface area contributed by atoms with Gasteiger partial charge in [-0.05, 0) is 64.8 Å². The minimum atomic E-state index is -0.224. The topological polar surface area (TPSA) is 38.8 Å². The fourth-order valence-corrected chi connectivity index (χ4v) is 4.81. The van der Waals surface area contributed by atoms with Gasteiger partial charge in [-0.2, -0.15) is 0 Å². The predicted molar refractivity (Wildman–Crippen MR) is 124 cm³/mol. The Morgan fingerprint density at radius 1 is 1.25 bits per heavy atom. The minimum Gasteiger partial charge on any atom is -0.492 e. The van der Waals surface area contributed by atoms with Gasteiger partial charge in [-0.15, -0.1) is 0 Å². The Morgan fingerprint density at radius 2 is 2.00 bits per heavy atom. The molecule has 0 radical (unpaired) electrons. The van der Waals surface area contributed by atoms with Crippen LogP contribution in [0.2, 0.25) is 10.0 Å². The van der Waals surface area contributed by atoms with Gasteiger partial charge in [0, 0.05) is 0 Å². The van der Waals surface area contributed by atoms with Crippen molar-refractivity contribution in [1.29, 1.82) is 0 Å². The largest absolute Gasteiger partial charge is 0.492 e. The summed E-state index contributed by atoms with van der Waals surface area (Å²) < 4.78 is 12.2. The lowest BCUT2D eigenvalue weighted by Crippen LogP contribution is -2.27. The van der Waals surface area contributed by atoms with Crippen molar-refractivity contribution in [3.63, 3.8) is 0 Å². The number of nitrogens with zero attached hydrogens (tertiary/aromatic N) is 1. The van der Waals surface area contributed by atoms with Gasteiger partial charge in [-0.3, -0.25) is 9.69 Å². The van der Waals surface area contributed by atoms with E-state index < -0.39 is 0 Å². The van der Waals surface area contributed by atoms with Gasteiger partial charge in [0.25, 0.3) is 5.91 Å². The van der Waals surface area contributed by atoms with E-state index in [1.54, 1.807) is 31.4 Å². The monoisotopic (exact) mass is 517 g/mol. The SMILES string of the molecule is CCOc1cc(/C=C2\SC(=S)N(c3ccc(Cl)c(Cl)c3)C2=O)cc(Br)c1OC. The van der Waals surface area contributed by atoms with Gasteiger partial charge in [0.15, 0.2) is 15.8 Å². The third-order valence-corrected chi connectivity index (χ3v) is 6.42. The Kier molecular flexibility index (Phi) is 6.94. The van der Waals surface area contributed by atoms with Crippen LogP contribution < -0.4 is 14.4 Å². The molecule has 28 heavy (non-hydrogen) atoms. The number of anilines is 1. The number of hydrogen-bond acceptors (Lipinski definition) is 5. The molecule has 0 bridgehead atoms. The first kappa shape index (κ1) is 21.5. The van der Waals surface area contributed by atoms with Crippen LogP contribution in [0.25, 0.3) is 6.08 Å². The molecule has 1 fully saturated rings. The highest BCUT2D eigenvalue weighted by Gasteiger charge is 2.33. The van der Waals surface area contributed by atoms with Crippen molar-refractivity contribution in [3.05, 3.63) is 55.3 Å². The lowest BCUT2D eigenvalue weighted by atomic mass is 10.1. The van der Waals surface area contributed by atoms with E-state index in [1.807, 2.05) is 19.1 Å². The molecule has 1 heterocycles. The zero-order valence-electron chi connectivity index (χ0n) is 14.8. The average molecular weight is 519 g/mol. The van der Waals surface area contributed by atoms with E-state index in [-0.39, 0.29) is 5.91 Å². The van der Waals surface area contributed by atoms with Crippen molar-refractivity contribution in [3.8, 4) is 11.5 Å². The van der Waals surface area contributed by atoms with Crippen molar-refractivity contribution in [1.82, 2.24) is 0 Å². The molecular weight excluding hydrogens is 505 g/mol. The molecule has 2 aromatic rings. The van der Waals surface area contributed by atoms with Gasteiger partial charge in [0.05, 0.1) is 38.8 Å². The van der Waals surface area contributed by atoms with Crippen LogP contribution in [0.15, 0.2) is 39.7 Å². The quantitative estimate of drug-likeness (QED) is 0.330. The highest BCUT2D eigenvalue weighted by atomic mass is 79.9. The predicted octanol–water partition coefficient (Wildman–Crippen LogP) is 6.57. The summed E-state index contributed by atoms with van der Waals surface area (Å²) in [4.78, 5) is 14.9. The molecule has 0 aromatic heterocycles. The Hall–Kier alpha value is -1.25. The van der Waals surface area contributed by atoms with Gasteiger partial charge < -0.3 is 9.47 Å². The fourth-order valence-electron chi connectivity index (χ4n) is 2.60. The van der Waals surface area contributed by atoms with Crippen LogP contribution in [-0.2, 0) is 4.79 Å². The number of hydrogen-bond donors (Lipinski definition) is 0. The first-order valence-electron chi connectivity index (χ1n) is 8.09. The first-order chi connectivity index (χ1) is 13.3. The van der Waals surface area contributed by atoms with Gasteiger partial charge in [0.1, 0.15) is 0 Å². The van der Waals surface area contributed by atoms with Crippen molar-refractivity contribution in [2.24, 2.45) is 0 Å². The number of ether oxygens (including phenoxy) is 2. The van der Waals surface area contributed by atoms with Crippen molar-refractivity contribution in [2.75, 3.05) is 18.6 Å². The number of methoxy groups -OCH3 is 1. The van der Waals surface area contributed by atoms with E-state index in [0.29, 0.717) is 43.1 Å². The first-order valence-corrected chi connectivity index (χ1v) is 10.9. The Labute approximate surface area is 190 Å².